The summed E-state index contributed by atoms with van der Waals surface area (Å²) in [5.41, 5.74) is 2.79. The van der Waals surface area contributed by atoms with Crippen molar-refractivity contribution in [2.45, 2.75) is 19.4 Å². The number of amides is 1. The molecule has 2 aromatic carbocycles. The van der Waals surface area contributed by atoms with E-state index in [2.05, 4.69) is 0 Å². The van der Waals surface area contributed by atoms with Gasteiger partial charge in [-0.25, -0.2) is 4.79 Å². The SMILES string of the molecule is COc1ccccc1/C=C/C(=O)OCC(=O)N1c2ccccc2C[C@H]1C. The number of benzene rings is 2. The average molecular weight is 351 g/mol. The first-order valence-corrected chi connectivity index (χ1v) is 8.48. The van der Waals surface area contributed by atoms with E-state index in [0.717, 1.165) is 23.2 Å². The van der Waals surface area contributed by atoms with Crippen LogP contribution in [0.3, 0.4) is 0 Å². The number of fused-ring (bicyclic) bond motifs is 1. The molecule has 0 saturated heterocycles. The second-order valence-electron chi connectivity index (χ2n) is 6.13. The van der Waals surface area contributed by atoms with Crippen molar-refractivity contribution in [1.29, 1.82) is 0 Å². The van der Waals surface area contributed by atoms with Gasteiger partial charge in [0, 0.05) is 23.4 Å². The Morgan fingerprint density at radius 2 is 1.88 bits per heavy atom. The fraction of sp³-hybridized carbons (Fsp3) is 0.238. The molecule has 0 unspecified atom stereocenters. The van der Waals surface area contributed by atoms with E-state index in [9.17, 15) is 9.59 Å². The van der Waals surface area contributed by atoms with Gasteiger partial charge < -0.3 is 14.4 Å². The standard InChI is InChI=1S/C21H21NO4/c1-15-13-17-8-3-5-9-18(17)22(15)20(23)14-26-21(24)12-11-16-7-4-6-10-19(16)25-2/h3-12,15H,13-14H2,1-2H3/b12-11+/t15-/m1/s1. The van der Waals surface area contributed by atoms with Crippen LogP contribution < -0.4 is 9.64 Å². The van der Waals surface area contributed by atoms with E-state index in [1.54, 1.807) is 24.2 Å². The minimum atomic E-state index is -0.565. The quantitative estimate of drug-likeness (QED) is 0.613. The van der Waals surface area contributed by atoms with Crippen LogP contribution in [0.1, 0.15) is 18.1 Å². The van der Waals surface area contributed by atoms with E-state index in [4.69, 9.17) is 9.47 Å². The van der Waals surface area contributed by atoms with E-state index >= 15 is 0 Å². The Balaban J connectivity index is 1.60. The highest BCUT2D eigenvalue weighted by atomic mass is 16.5. The number of para-hydroxylation sites is 2. The van der Waals surface area contributed by atoms with Crippen molar-refractivity contribution in [1.82, 2.24) is 0 Å². The smallest absolute Gasteiger partial charge is 0.331 e. The van der Waals surface area contributed by atoms with Gasteiger partial charge in [-0.2, -0.15) is 0 Å². The summed E-state index contributed by atoms with van der Waals surface area (Å²) >= 11 is 0. The van der Waals surface area contributed by atoms with Crippen LogP contribution in [0.15, 0.2) is 54.6 Å². The molecule has 134 valence electrons. The highest BCUT2D eigenvalue weighted by Gasteiger charge is 2.30. The van der Waals surface area contributed by atoms with Crippen LogP contribution >= 0.6 is 0 Å². The maximum absolute atomic E-state index is 12.5. The molecule has 3 rings (SSSR count). The molecule has 0 aliphatic carbocycles. The van der Waals surface area contributed by atoms with Crippen molar-refractivity contribution < 1.29 is 19.1 Å². The van der Waals surface area contributed by atoms with E-state index in [1.165, 1.54) is 6.08 Å². The van der Waals surface area contributed by atoms with Crippen LogP contribution in [0.4, 0.5) is 5.69 Å². The molecule has 0 bridgehead atoms. The van der Waals surface area contributed by atoms with Gasteiger partial charge in [-0.3, -0.25) is 4.79 Å². The molecule has 26 heavy (non-hydrogen) atoms. The zero-order valence-corrected chi connectivity index (χ0v) is 14.8. The number of hydrogen-bond acceptors (Lipinski definition) is 4. The number of esters is 1. The molecule has 0 saturated carbocycles. The molecule has 1 heterocycles. The van der Waals surface area contributed by atoms with Gasteiger partial charge in [-0.05, 0) is 37.1 Å². The fourth-order valence-electron chi connectivity index (χ4n) is 3.16. The summed E-state index contributed by atoms with van der Waals surface area (Å²) in [5, 5.41) is 0. The Labute approximate surface area is 152 Å². The lowest BCUT2D eigenvalue weighted by Gasteiger charge is -2.22. The monoisotopic (exact) mass is 351 g/mol. The van der Waals surface area contributed by atoms with Crippen LogP contribution in [0.25, 0.3) is 6.08 Å². The highest BCUT2D eigenvalue weighted by molar-refractivity contribution is 5.98. The molecule has 5 nitrogen and oxygen atoms in total. The van der Waals surface area contributed by atoms with E-state index in [0.29, 0.717) is 5.75 Å². The largest absolute Gasteiger partial charge is 0.496 e. The Morgan fingerprint density at radius 1 is 1.15 bits per heavy atom. The predicted molar refractivity (Wildman–Crippen MR) is 100 cm³/mol. The first kappa shape index (κ1) is 17.7. The van der Waals surface area contributed by atoms with Crippen molar-refractivity contribution in [2.75, 3.05) is 18.6 Å². The molecule has 0 N–H and O–H groups in total. The number of carbonyl (C=O) groups excluding carboxylic acids is 2. The summed E-state index contributed by atoms with van der Waals surface area (Å²) < 4.78 is 10.3. The summed E-state index contributed by atoms with van der Waals surface area (Å²) in [6, 6.07) is 15.2. The third kappa shape index (κ3) is 3.77. The summed E-state index contributed by atoms with van der Waals surface area (Å²) in [7, 11) is 1.57. The van der Waals surface area contributed by atoms with Gasteiger partial charge in [-0.15, -0.1) is 0 Å². The first-order chi connectivity index (χ1) is 12.6. The van der Waals surface area contributed by atoms with Crippen molar-refractivity contribution in [3.63, 3.8) is 0 Å². The Kier molecular flexibility index (Phi) is 5.37. The van der Waals surface area contributed by atoms with Crippen molar-refractivity contribution in [2.24, 2.45) is 0 Å². The molecule has 1 aliphatic heterocycles. The summed E-state index contributed by atoms with van der Waals surface area (Å²) in [4.78, 5) is 26.1. The molecule has 1 atom stereocenters. The maximum atomic E-state index is 12.5. The molecule has 1 amide bonds. The van der Waals surface area contributed by atoms with Gasteiger partial charge in [0.2, 0.25) is 0 Å². The molecule has 5 heteroatoms. The lowest BCUT2D eigenvalue weighted by Crippen LogP contribution is -2.38. The average Bonchev–Trinajstić information content (AvgIpc) is 3.00. The molecule has 0 radical (unpaired) electrons. The summed E-state index contributed by atoms with van der Waals surface area (Å²) in [6.45, 7) is 1.70. The Morgan fingerprint density at radius 3 is 2.69 bits per heavy atom. The second-order valence-corrected chi connectivity index (χ2v) is 6.13. The lowest BCUT2D eigenvalue weighted by atomic mass is 10.1. The normalized spacial score (nSPS) is 15.8. The molecule has 0 aromatic heterocycles. The minimum Gasteiger partial charge on any atom is -0.496 e. The zero-order valence-electron chi connectivity index (χ0n) is 14.8. The van der Waals surface area contributed by atoms with Crippen LogP contribution in [0, 0.1) is 0 Å². The van der Waals surface area contributed by atoms with Crippen molar-refractivity contribution >= 4 is 23.6 Å². The third-order valence-electron chi connectivity index (χ3n) is 4.35. The number of ether oxygens (including phenoxy) is 2. The van der Waals surface area contributed by atoms with Crippen molar-refractivity contribution in [3.05, 3.63) is 65.7 Å². The maximum Gasteiger partial charge on any atom is 0.331 e. The predicted octanol–water partition coefficient (Wildman–Crippen LogP) is 3.23. The lowest BCUT2D eigenvalue weighted by molar-refractivity contribution is -0.143. The molecule has 0 fully saturated rings. The number of nitrogens with zero attached hydrogens (tertiary/aromatic N) is 1. The molecule has 1 aliphatic rings. The van der Waals surface area contributed by atoms with Gasteiger partial charge in [0.05, 0.1) is 7.11 Å². The topological polar surface area (TPSA) is 55.8 Å². The summed E-state index contributed by atoms with van der Waals surface area (Å²) in [6.07, 6.45) is 3.72. The fourth-order valence-corrected chi connectivity index (χ4v) is 3.16. The van der Waals surface area contributed by atoms with Crippen LogP contribution in [-0.2, 0) is 20.7 Å². The van der Waals surface area contributed by atoms with E-state index < -0.39 is 5.97 Å². The van der Waals surface area contributed by atoms with E-state index in [-0.39, 0.29) is 18.6 Å². The Hall–Kier alpha value is -3.08. The van der Waals surface area contributed by atoms with Crippen LogP contribution in [0.2, 0.25) is 0 Å². The van der Waals surface area contributed by atoms with Gasteiger partial charge in [0.25, 0.3) is 5.91 Å². The number of carbonyl (C=O) groups is 2. The van der Waals surface area contributed by atoms with Gasteiger partial charge in [0.15, 0.2) is 6.61 Å². The van der Waals surface area contributed by atoms with Gasteiger partial charge in [0.1, 0.15) is 5.75 Å². The number of rotatable bonds is 5. The van der Waals surface area contributed by atoms with Gasteiger partial charge >= 0.3 is 5.97 Å². The number of methoxy groups -OCH3 is 1. The molecule has 2 aromatic rings. The second kappa shape index (κ2) is 7.87. The van der Waals surface area contributed by atoms with Crippen LogP contribution in [-0.4, -0.2) is 31.6 Å². The summed E-state index contributed by atoms with van der Waals surface area (Å²) in [5.74, 6) is -0.124. The Bertz CT molecular complexity index is 843. The molecular formula is C21H21NO4. The zero-order chi connectivity index (χ0) is 18.5. The third-order valence-corrected chi connectivity index (χ3v) is 4.35. The first-order valence-electron chi connectivity index (χ1n) is 8.48. The minimum absolute atomic E-state index is 0.0581. The molecule has 0 spiro atoms. The molecular weight excluding hydrogens is 330 g/mol. The number of anilines is 1. The van der Waals surface area contributed by atoms with Crippen molar-refractivity contribution in [3.8, 4) is 5.75 Å². The van der Waals surface area contributed by atoms with Crippen LogP contribution in [0.5, 0.6) is 5.75 Å². The van der Waals surface area contributed by atoms with E-state index in [1.807, 2.05) is 49.4 Å². The van der Waals surface area contributed by atoms with Gasteiger partial charge in [-0.1, -0.05) is 36.4 Å². The number of hydrogen-bond donors (Lipinski definition) is 0. The highest BCUT2D eigenvalue weighted by Crippen LogP contribution is 2.31.